The molecule has 6 rings (SSSR count). The summed E-state index contributed by atoms with van der Waals surface area (Å²) >= 11 is 3.20. The third kappa shape index (κ3) is 2.94. The number of amides is 1. The lowest BCUT2D eigenvalue weighted by Crippen LogP contribution is -2.53. The molecule has 0 aliphatic heterocycles. The summed E-state index contributed by atoms with van der Waals surface area (Å²) in [7, 11) is 0. The SMILES string of the molecule is O=C(NCc1ccc([C@H](O)c2ccsc2)s1)C12CC3CC(CC(C3)C1)C2. The molecule has 4 fully saturated rings. The third-order valence-electron chi connectivity index (χ3n) is 6.75. The Morgan fingerprint density at radius 3 is 2.46 bits per heavy atom. The zero-order valence-corrected chi connectivity index (χ0v) is 16.5. The van der Waals surface area contributed by atoms with Crippen molar-refractivity contribution in [1.29, 1.82) is 0 Å². The monoisotopic (exact) mass is 387 g/mol. The standard InChI is InChI=1S/C21H25NO2S2/c23-19(16-3-4-25-12-16)18-2-1-17(26-18)11-22-20(24)21-8-13-5-14(9-21)7-15(6-13)10-21/h1-4,12-15,19,23H,5-11H2,(H,22,24)/t13?,14?,15?,19-,21?/m1/s1. The van der Waals surface area contributed by atoms with Crippen molar-refractivity contribution in [2.45, 2.75) is 51.2 Å². The van der Waals surface area contributed by atoms with Crippen molar-refractivity contribution >= 4 is 28.6 Å². The van der Waals surface area contributed by atoms with Crippen molar-refractivity contribution in [2.75, 3.05) is 0 Å². The summed E-state index contributed by atoms with van der Waals surface area (Å²) in [5, 5.41) is 17.7. The minimum atomic E-state index is -0.557. The molecule has 3 nitrogen and oxygen atoms in total. The van der Waals surface area contributed by atoms with Crippen molar-refractivity contribution < 1.29 is 9.90 Å². The molecule has 0 aromatic carbocycles. The Bertz CT molecular complexity index is 760. The van der Waals surface area contributed by atoms with Gasteiger partial charge in [-0.2, -0.15) is 11.3 Å². The summed E-state index contributed by atoms with van der Waals surface area (Å²) < 4.78 is 0. The smallest absolute Gasteiger partial charge is 0.226 e. The van der Waals surface area contributed by atoms with Gasteiger partial charge in [0, 0.05) is 15.2 Å². The van der Waals surface area contributed by atoms with Gasteiger partial charge in [-0.25, -0.2) is 0 Å². The number of hydrogen-bond donors (Lipinski definition) is 2. The van der Waals surface area contributed by atoms with Crippen LogP contribution in [0.2, 0.25) is 0 Å². The second-order valence-corrected chi connectivity index (χ2v) is 10.6. The van der Waals surface area contributed by atoms with E-state index in [4.69, 9.17) is 0 Å². The summed E-state index contributed by atoms with van der Waals surface area (Å²) in [6.07, 6.45) is 6.86. The maximum Gasteiger partial charge on any atom is 0.226 e. The van der Waals surface area contributed by atoms with E-state index in [1.165, 1.54) is 19.3 Å². The van der Waals surface area contributed by atoms with Crippen molar-refractivity contribution in [3.05, 3.63) is 44.3 Å². The lowest BCUT2D eigenvalue weighted by molar-refractivity contribution is -0.146. The minimum absolute atomic E-state index is 0.0783. The minimum Gasteiger partial charge on any atom is -0.383 e. The Morgan fingerprint density at radius 2 is 1.85 bits per heavy atom. The van der Waals surface area contributed by atoms with E-state index in [0.717, 1.165) is 52.3 Å². The highest BCUT2D eigenvalue weighted by Crippen LogP contribution is 2.60. The summed E-state index contributed by atoms with van der Waals surface area (Å²) in [6, 6.07) is 5.98. The van der Waals surface area contributed by atoms with E-state index in [9.17, 15) is 9.90 Å². The molecule has 26 heavy (non-hydrogen) atoms. The number of carbonyl (C=O) groups excluding carboxylic acids is 1. The van der Waals surface area contributed by atoms with E-state index in [-0.39, 0.29) is 11.3 Å². The summed E-state index contributed by atoms with van der Waals surface area (Å²) in [5.74, 6) is 2.66. The number of aliphatic hydroxyl groups is 1. The van der Waals surface area contributed by atoms with Crippen LogP contribution in [0.3, 0.4) is 0 Å². The van der Waals surface area contributed by atoms with Gasteiger partial charge in [-0.3, -0.25) is 4.79 Å². The molecule has 2 heterocycles. The molecule has 5 heteroatoms. The van der Waals surface area contributed by atoms with Crippen molar-refractivity contribution in [2.24, 2.45) is 23.2 Å². The number of hydrogen-bond acceptors (Lipinski definition) is 4. The first-order chi connectivity index (χ1) is 12.6. The molecule has 2 aromatic heterocycles. The number of thiophene rings is 2. The van der Waals surface area contributed by atoms with Gasteiger partial charge in [0.05, 0.1) is 6.54 Å². The fourth-order valence-corrected chi connectivity index (χ4v) is 7.62. The van der Waals surface area contributed by atoms with Gasteiger partial charge >= 0.3 is 0 Å². The molecule has 1 atom stereocenters. The number of nitrogens with one attached hydrogen (secondary N) is 1. The highest BCUT2D eigenvalue weighted by Gasteiger charge is 2.54. The third-order valence-corrected chi connectivity index (χ3v) is 8.59. The lowest BCUT2D eigenvalue weighted by Gasteiger charge is -2.55. The molecule has 2 aromatic rings. The van der Waals surface area contributed by atoms with Gasteiger partial charge < -0.3 is 10.4 Å². The van der Waals surface area contributed by atoms with Crippen molar-refractivity contribution in [3.8, 4) is 0 Å². The number of aliphatic hydroxyl groups excluding tert-OH is 1. The van der Waals surface area contributed by atoms with E-state index in [1.807, 2.05) is 29.0 Å². The van der Waals surface area contributed by atoms with E-state index < -0.39 is 6.10 Å². The second kappa shape index (κ2) is 6.47. The Kier molecular flexibility index (Phi) is 4.22. The molecule has 4 aliphatic carbocycles. The first-order valence-electron chi connectivity index (χ1n) is 9.68. The van der Waals surface area contributed by atoms with Crippen LogP contribution in [-0.2, 0) is 11.3 Å². The molecule has 4 bridgehead atoms. The number of rotatable bonds is 5. The highest BCUT2D eigenvalue weighted by molar-refractivity contribution is 7.12. The average molecular weight is 388 g/mol. The normalized spacial score (nSPS) is 33.3. The highest BCUT2D eigenvalue weighted by atomic mass is 32.1. The van der Waals surface area contributed by atoms with Crippen LogP contribution in [0.1, 0.15) is 59.9 Å². The van der Waals surface area contributed by atoms with E-state index in [0.29, 0.717) is 6.54 Å². The lowest BCUT2D eigenvalue weighted by atomic mass is 9.49. The molecule has 0 spiro atoms. The second-order valence-electron chi connectivity index (χ2n) is 8.64. The van der Waals surface area contributed by atoms with Crippen LogP contribution >= 0.6 is 22.7 Å². The Balaban J connectivity index is 1.24. The maximum absolute atomic E-state index is 13.0. The van der Waals surface area contributed by atoms with Crippen LogP contribution in [0.15, 0.2) is 29.0 Å². The Hall–Kier alpha value is -1.17. The Labute approximate surface area is 162 Å². The van der Waals surface area contributed by atoms with E-state index in [1.54, 1.807) is 22.7 Å². The molecule has 0 unspecified atom stereocenters. The van der Waals surface area contributed by atoms with Gasteiger partial charge in [0.25, 0.3) is 0 Å². The van der Waals surface area contributed by atoms with Gasteiger partial charge in [-0.05, 0) is 90.8 Å². The number of carbonyl (C=O) groups is 1. The zero-order valence-electron chi connectivity index (χ0n) is 14.8. The first-order valence-corrected chi connectivity index (χ1v) is 11.4. The first kappa shape index (κ1) is 17.0. The summed E-state index contributed by atoms with van der Waals surface area (Å²) in [4.78, 5) is 15.1. The van der Waals surface area contributed by atoms with E-state index >= 15 is 0 Å². The van der Waals surface area contributed by atoms with Crippen LogP contribution < -0.4 is 5.32 Å². The maximum atomic E-state index is 13.0. The average Bonchev–Trinajstić information content (AvgIpc) is 3.30. The van der Waals surface area contributed by atoms with E-state index in [2.05, 4.69) is 5.32 Å². The van der Waals surface area contributed by atoms with Gasteiger partial charge in [0.2, 0.25) is 5.91 Å². The Morgan fingerprint density at radius 1 is 1.15 bits per heavy atom. The van der Waals surface area contributed by atoms with Crippen LogP contribution in [0.5, 0.6) is 0 Å². The van der Waals surface area contributed by atoms with Crippen LogP contribution in [0.25, 0.3) is 0 Å². The predicted octanol–water partition coefficient (Wildman–Crippen LogP) is 4.72. The molecule has 4 aliphatic rings. The van der Waals surface area contributed by atoms with Gasteiger partial charge in [0.1, 0.15) is 6.10 Å². The molecule has 0 radical (unpaired) electrons. The summed E-state index contributed by atoms with van der Waals surface area (Å²) in [6.45, 7) is 0.585. The fraction of sp³-hybridized carbons (Fsp3) is 0.571. The molecular formula is C21H25NO2S2. The van der Waals surface area contributed by atoms with Gasteiger partial charge in [-0.15, -0.1) is 11.3 Å². The molecule has 4 saturated carbocycles. The molecule has 0 saturated heterocycles. The largest absolute Gasteiger partial charge is 0.383 e. The van der Waals surface area contributed by atoms with Crippen LogP contribution in [-0.4, -0.2) is 11.0 Å². The predicted molar refractivity (Wildman–Crippen MR) is 105 cm³/mol. The molecule has 2 N–H and O–H groups in total. The molecular weight excluding hydrogens is 362 g/mol. The van der Waals surface area contributed by atoms with Crippen molar-refractivity contribution in [3.63, 3.8) is 0 Å². The van der Waals surface area contributed by atoms with Gasteiger partial charge in [-0.1, -0.05) is 0 Å². The summed E-state index contributed by atoms with van der Waals surface area (Å²) in [5.41, 5.74) is 0.867. The fourth-order valence-electron chi connectivity index (χ4n) is 5.97. The zero-order chi connectivity index (χ0) is 17.7. The van der Waals surface area contributed by atoms with Crippen LogP contribution in [0, 0.1) is 23.2 Å². The quantitative estimate of drug-likeness (QED) is 0.780. The van der Waals surface area contributed by atoms with Crippen molar-refractivity contribution in [1.82, 2.24) is 5.32 Å². The molecule has 138 valence electrons. The van der Waals surface area contributed by atoms with Crippen LogP contribution in [0.4, 0.5) is 0 Å². The molecule has 1 amide bonds. The topological polar surface area (TPSA) is 49.3 Å². The van der Waals surface area contributed by atoms with Gasteiger partial charge in [0.15, 0.2) is 0 Å².